The highest BCUT2D eigenvalue weighted by Crippen LogP contribution is 2.37. The molecular weight excluding hydrogens is 326 g/mol. The van der Waals surface area contributed by atoms with Crippen molar-refractivity contribution in [2.24, 2.45) is 0 Å². The first-order chi connectivity index (χ1) is 11.1. The summed E-state index contributed by atoms with van der Waals surface area (Å²) in [6.45, 7) is 9.85. The van der Waals surface area contributed by atoms with Crippen molar-refractivity contribution in [1.29, 1.82) is 0 Å². The summed E-state index contributed by atoms with van der Waals surface area (Å²) in [6, 6.07) is 1.92. The number of likely N-dealkylation sites (N-methyl/N-ethyl adjacent to an activating group) is 1. The quantitative estimate of drug-likeness (QED) is 0.770. The Labute approximate surface area is 147 Å². The summed E-state index contributed by atoms with van der Waals surface area (Å²) in [5.74, 6) is -0.265. The van der Waals surface area contributed by atoms with E-state index < -0.39 is 5.60 Å². The fourth-order valence-electron chi connectivity index (χ4n) is 2.85. The molecule has 1 atom stereocenters. The van der Waals surface area contributed by atoms with Crippen LogP contribution in [0, 0.1) is 0 Å². The Balaban J connectivity index is 2.15. The van der Waals surface area contributed by atoms with Crippen molar-refractivity contribution in [3.63, 3.8) is 0 Å². The minimum absolute atomic E-state index is 0.265. The molecule has 0 fully saturated rings. The van der Waals surface area contributed by atoms with E-state index in [1.807, 2.05) is 26.8 Å². The van der Waals surface area contributed by atoms with Gasteiger partial charge in [0.05, 0.1) is 6.61 Å². The molecule has 0 radical (unpaired) electrons. The predicted molar refractivity (Wildman–Crippen MR) is 94.7 cm³/mol. The molecule has 134 valence electrons. The van der Waals surface area contributed by atoms with Crippen LogP contribution in [-0.4, -0.2) is 41.8 Å². The average molecular weight is 353 g/mol. The maximum absolute atomic E-state index is 12.4. The van der Waals surface area contributed by atoms with Crippen molar-refractivity contribution < 1.29 is 19.1 Å². The lowest BCUT2D eigenvalue weighted by atomic mass is 9.81. The standard InChI is InChI=1S/C18H27NO4S/c1-7-22-15(20)14-10-12-11-18(5,9-8-13(12)24-14)19(6)16(21)23-17(2,3)4/h10H,7-9,11H2,1-6H3. The van der Waals surface area contributed by atoms with E-state index in [-0.39, 0.29) is 17.6 Å². The van der Waals surface area contributed by atoms with Gasteiger partial charge < -0.3 is 14.4 Å². The van der Waals surface area contributed by atoms with Gasteiger partial charge in [0, 0.05) is 17.5 Å². The summed E-state index contributed by atoms with van der Waals surface area (Å²) in [7, 11) is 1.79. The van der Waals surface area contributed by atoms with Gasteiger partial charge in [0.25, 0.3) is 0 Å². The molecule has 1 aromatic heterocycles. The van der Waals surface area contributed by atoms with E-state index in [4.69, 9.17) is 9.47 Å². The van der Waals surface area contributed by atoms with Gasteiger partial charge in [-0.2, -0.15) is 0 Å². The molecule has 0 N–H and O–H groups in total. The number of rotatable bonds is 3. The van der Waals surface area contributed by atoms with Gasteiger partial charge in [-0.1, -0.05) is 0 Å². The molecule has 6 heteroatoms. The van der Waals surface area contributed by atoms with Gasteiger partial charge in [-0.15, -0.1) is 11.3 Å². The van der Waals surface area contributed by atoms with Crippen molar-refractivity contribution in [2.75, 3.05) is 13.7 Å². The molecule has 2 rings (SSSR count). The van der Waals surface area contributed by atoms with Crippen molar-refractivity contribution in [1.82, 2.24) is 4.90 Å². The Morgan fingerprint density at radius 1 is 1.38 bits per heavy atom. The fraction of sp³-hybridized carbons (Fsp3) is 0.667. The Morgan fingerprint density at radius 2 is 2.04 bits per heavy atom. The van der Waals surface area contributed by atoms with Crippen LogP contribution < -0.4 is 0 Å². The molecule has 0 bridgehead atoms. The molecule has 24 heavy (non-hydrogen) atoms. The van der Waals surface area contributed by atoms with Crippen LogP contribution in [0.2, 0.25) is 0 Å². The number of carbonyl (C=O) groups is 2. The summed E-state index contributed by atoms with van der Waals surface area (Å²) >= 11 is 1.51. The second-order valence-corrected chi connectivity index (χ2v) is 8.63. The Morgan fingerprint density at radius 3 is 2.62 bits per heavy atom. The summed E-state index contributed by atoms with van der Waals surface area (Å²) in [5, 5.41) is 0. The molecule has 1 aromatic rings. The SMILES string of the molecule is CCOC(=O)c1cc2c(s1)CCC(C)(N(C)C(=O)OC(C)(C)C)C2. The van der Waals surface area contributed by atoms with E-state index in [1.54, 1.807) is 18.9 Å². The number of hydrogen-bond donors (Lipinski definition) is 0. The zero-order chi connectivity index (χ0) is 18.1. The first kappa shape index (κ1) is 18.8. The molecule has 0 aromatic carbocycles. The lowest BCUT2D eigenvalue weighted by Gasteiger charge is -2.42. The minimum atomic E-state index is -0.513. The first-order valence-electron chi connectivity index (χ1n) is 8.31. The van der Waals surface area contributed by atoms with Gasteiger partial charge >= 0.3 is 12.1 Å². The maximum Gasteiger partial charge on any atom is 0.410 e. The van der Waals surface area contributed by atoms with E-state index in [2.05, 4.69) is 6.92 Å². The Kier molecular flexibility index (Phi) is 5.28. The van der Waals surface area contributed by atoms with Crippen molar-refractivity contribution in [3.8, 4) is 0 Å². The van der Waals surface area contributed by atoms with E-state index in [0.717, 1.165) is 18.4 Å². The third-order valence-electron chi connectivity index (χ3n) is 4.31. The zero-order valence-corrected chi connectivity index (χ0v) is 16.2. The van der Waals surface area contributed by atoms with Crippen LogP contribution in [0.5, 0.6) is 0 Å². The highest BCUT2D eigenvalue weighted by atomic mass is 32.1. The second kappa shape index (κ2) is 6.75. The van der Waals surface area contributed by atoms with Crippen molar-refractivity contribution in [2.45, 2.75) is 65.0 Å². The molecule has 0 saturated heterocycles. The summed E-state index contributed by atoms with van der Waals surface area (Å²) in [5.41, 5.74) is 0.302. The normalized spacial score (nSPS) is 20.2. The maximum atomic E-state index is 12.4. The lowest BCUT2D eigenvalue weighted by Crippen LogP contribution is -2.52. The van der Waals surface area contributed by atoms with Crippen LogP contribution in [0.15, 0.2) is 6.07 Å². The predicted octanol–water partition coefficient (Wildman–Crippen LogP) is 4.04. The zero-order valence-electron chi connectivity index (χ0n) is 15.4. The van der Waals surface area contributed by atoms with Crippen molar-refractivity contribution >= 4 is 23.4 Å². The molecule has 1 heterocycles. The van der Waals surface area contributed by atoms with E-state index in [9.17, 15) is 9.59 Å². The van der Waals surface area contributed by atoms with Crippen LogP contribution in [0.1, 0.15) is 61.2 Å². The van der Waals surface area contributed by atoms with Gasteiger partial charge in [0.15, 0.2) is 0 Å². The number of aryl methyl sites for hydroxylation is 1. The summed E-state index contributed by atoms with van der Waals surface area (Å²) < 4.78 is 10.6. The largest absolute Gasteiger partial charge is 0.462 e. The molecule has 1 aliphatic rings. The first-order valence-corrected chi connectivity index (χ1v) is 9.13. The number of nitrogens with zero attached hydrogens (tertiary/aromatic N) is 1. The molecule has 1 unspecified atom stereocenters. The van der Waals surface area contributed by atoms with Crippen LogP contribution in [0.25, 0.3) is 0 Å². The highest BCUT2D eigenvalue weighted by molar-refractivity contribution is 7.14. The van der Waals surface area contributed by atoms with E-state index >= 15 is 0 Å². The number of fused-ring (bicyclic) bond motifs is 1. The molecule has 0 spiro atoms. The Bertz CT molecular complexity index is 631. The molecule has 1 aliphatic carbocycles. The molecule has 5 nitrogen and oxygen atoms in total. The highest BCUT2D eigenvalue weighted by Gasteiger charge is 2.39. The third kappa shape index (κ3) is 4.09. The number of carbonyl (C=O) groups excluding carboxylic acids is 2. The molecule has 1 amide bonds. The lowest BCUT2D eigenvalue weighted by molar-refractivity contribution is 0.00559. The van der Waals surface area contributed by atoms with E-state index in [0.29, 0.717) is 17.9 Å². The van der Waals surface area contributed by atoms with Crippen LogP contribution in [-0.2, 0) is 22.3 Å². The smallest absolute Gasteiger partial charge is 0.410 e. The van der Waals surface area contributed by atoms with Crippen LogP contribution in [0.3, 0.4) is 0 Å². The number of thiophene rings is 1. The van der Waals surface area contributed by atoms with Gasteiger partial charge in [-0.3, -0.25) is 0 Å². The number of esters is 1. The van der Waals surface area contributed by atoms with Crippen molar-refractivity contribution in [3.05, 3.63) is 21.4 Å². The van der Waals surface area contributed by atoms with E-state index in [1.165, 1.54) is 16.2 Å². The summed E-state index contributed by atoms with van der Waals surface area (Å²) in [4.78, 5) is 27.9. The van der Waals surface area contributed by atoms with Gasteiger partial charge in [-0.25, -0.2) is 9.59 Å². The monoisotopic (exact) mass is 353 g/mol. The van der Waals surface area contributed by atoms with Gasteiger partial charge in [0.1, 0.15) is 10.5 Å². The number of hydrogen-bond acceptors (Lipinski definition) is 5. The fourth-order valence-corrected chi connectivity index (χ4v) is 3.92. The molecule has 0 aliphatic heterocycles. The van der Waals surface area contributed by atoms with Gasteiger partial charge in [0.2, 0.25) is 0 Å². The van der Waals surface area contributed by atoms with Gasteiger partial charge in [-0.05, 0) is 65.5 Å². The molecule has 0 saturated carbocycles. The topological polar surface area (TPSA) is 55.8 Å². The number of ether oxygens (including phenoxy) is 2. The second-order valence-electron chi connectivity index (χ2n) is 7.49. The third-order valence-corrected chi connectivity index (χ3v) is 5.53. The number of amides is 1. The van der Waals surface area contributed by atoms with Crippen LogP contribution >= 0.6 is 11.3 Å². The van der Waals surface area contributed by atoms with Crippen LogP contribution in [0.4, 0.5) is 4.79 Å². The average Bonchev–Trinajstić information content (AvgIpc) is 2.87. The summed E-state index contributed by atoms with van der Waals surface area (Å²) in [6.07, 6.45) is 2.10. The minimum Gasteiger partial charge on any atom is -0.462 e. The Hall–Kier alpha value is -1.56. The molecular formula is C18H27NO4S.